The first-order chi connectivity index (χ1) is 10.9. The van der Waals surface area contributed by atoms with E-state index in [-0.39, 0.29) is 6.09 Å². The van der Waals surface area contributed by atoms with Crippen LogP contribution in [0.4, 0.5) is 4.79 Å². The van der Waals surface area contributed by atoms with E-state index in [9.17, 15) is 4.79 Å². The van der Waals surface area contributed by atoms with Gasteiger partial charge in [-0.2, -0.15) is 0 Å². The molecule has 5 nitrogen and oxygen atoms in total. The zero-order valence-electron chi connectivity index (χ0n) is 14.4. The van der Waals surface area contributed by atoms with Gasteiger partial charge in [-0.1, -0.05) is 0 Å². The van der Waals surface area contributed by atoms with E-state index in [0.29, 0.717) is 12.5 Å². The Morgan fingerprint density at radius 3 is 3.00 bits per heavy atom. The Balaban J connectivity index is 1.62. The second-order valence-electron chi connectivity index (χ2n) is 7.10. The summed E-state index contributed by atoms with van der Waals surface area (Å²) in [5.41, 5.74) is 1.40. The number of rotatable bonds is 6. The Kier molecular flexibility index (Phi) is 6.84. The van der Waals surface area contributed by atoms with E-state index in [0.717, 1.165) is 39.0 Å². The molecule has 0 aliphatic carbocycles. The van der Waals surface area contributed by atoms with Gasteiger partial charge in [-0.3, -0.25) is 4.98 Å². The van der Waals surface area contributed by atoms with Crippen LogP contribution in [0.2, 0.25) is 0 Å². The molecule has 0 radical (unpaired) electrons. The molecule has 1 atom stereocenters. The van der Waals surface area contributed by atoms with Crippen molar-refractivity contribution < 1.29 is 14.3 Å². The fourth-order valence-electron chi connectivity index (χ4n) is 2.75. The van der Waals surface area contributed by atoms with Gasteiger partial charge in [0, 0.05) is 25.9 Å². The standard InChI is InChI=1S/C17H28N2O3S/c1-17(2,3)22-16(20)19-8-4-6-14(11-19)7-5-9-21-12-15-10-18-13-23-15/h10,13-14H,4-9,11-12H2,1-3H3. The first-order valence-corrected chi connectivity index (χ1v) is 9.25. The first-order valence-electron chi connectivity index (χ1n) is 8.37. The number of piperidine rings is 1. The second-order valence-corrected chi connectivity index (χ2v) is 8.07. The van der Waals surface area contributed by atoms with Crippen molar-refractivity contribution in [3.63, 3.8) is 0 Å². The Morgan fingerprint density at radius 2 is 2.30 bits per heavy atom. The molecule has 1 aromatic heterocycles. The molecule has 1 unspecified atom stereocenters. The molecule has 0 aromatic carbocycles. The number of thiazole rings is 1. The minimum atomic E-state index is -0.422. The summed E-state index contributed by atoms with van der Waals surface area (Å²) in [7, 11) is 0. The van der Waals surface area contributed by atoms with Crippen LogP contribution in [-0.4, -0.2) is 41.3 Å². The number of amides is 1. The summed E-state index contributed by atoms with van der Waals surface area (Å²) in [5, 5.41) is 0. The molecule has 1 saturated heterocycles. The molecule has 1 aliphatic heterocycles. The molecule has 0 N–H and O–H groups in total. The normalized spacial score (nSPS) is 18.9. The summed E-state index contributed by atoms with van der Waals surface area (Å²) in [6, 6.07) is 0. The highest BCUT2D eigenvalue weighted by Crippen LogP contribution is 2.23. The van der Waals surface area contributed by atoms with Crippen LogP contribution in [0.3, 0.4) is 0 Å². The molecule has 0 saturated carbocycles. The van der Waals surface area contributed by atoms with Gasteiger partial charge in [0.05, 0.1) is 17.0 Å². The van der Waals surface area contributed by atoms with Gasteiger partial charge in [-0.15, -0.1) is 11.3 Å². The molecular formula is C17H28N2O3S. The van der Waals surface area contributed by atoms with Crippen molar-refractivity contribution in [1.29, 1.82) is 0 Å². The minimum absolute atomic E-state index is 0.177. The van der Waals surface area contributed by atoms with Crippen LogP contribution in [0, 0.1) is 5.92 Å². The predicted molar refractivity (Wildman–Crippen MR) is 91.5 cm³/mol. The molecule has 1 aromatic rings. The maximum atomic E-state index is 12.1. The molecule has 0 spiro atoms. The first kappa shape index (κ1) is 18.2. The van der Waals surface area contributed by atoms with Gasteiger partial charge in [0.1, 0.15) is 5.60 Å². The zero-order valence-corrected chi connectivity index (χ0v) is 15.2. The molecule has 0 bridgehead atoms. The lowest BCUT2D eigenvalue weighted by Crippen LogP contribution is -2.42. The van der Waals surface area contributed by atoms with Crippen LogP contribution in [0.5, 0.6) is 0 Å². The van der Waals surface area contributed by atoms with Crippen molar-refractivity contribution in [3.8, 4) is 0 Å². The van der Waals surface area contributed by atoms with E-state index in [2.05, 4.69) is 4.98 Å². The van der Waals surface area contributed by atoms with Gasteiger partial charge in [0.25, 0.3) is 0 Å². The highest BCUT2D eigenvalue weighted by atomic mass is 32.1. The Morgan fingerprint density at radius 1 is 1.48 bits per heavy atom. The summed E-state index contributed by atoms with van der Waals surface area (Å²) in [5.74, 6) is 0.559. The van der Waals surface area contributed by atoms with Gasteiger partial charge in [-0.05, 0) is 52.4 Å². The van der Waals surface area contributed by atoms with E-state index >= 15 is 0 Å². The van der Waals surface area contributed by atoms with E-state index in [4.69, 9.17) is 9.47 Å². The monoisotopic (exact) mass is 340 g/mol. The Hall–Kier alpha value is -1.14. The number of nitrogens with zero attached hydrogens (tertiary/aromatic N) is 2. The molecule has 1 aliphatic rings. The van der Waals surface area contributed by atoms with Gasteiger partial charge in [-0.25, -0.2) is 4.79 Å². The van der Waals surface area contributed by atoms with Crippen molar-refractivity contribution in [3.05, 3.63) is 16.6 Å². The molecule has 1 amide bonds. The number of hydrogen-bond donors (Lipinski definition) is 0. The van der Waals surface area contributed by atoms with E-state index in [1.54, 1.807) is 11.3 Å². The number of carbonyl (C=O) groups excluding carboxylic acids is 1. The molecule has 2 rings (SSSR count). The highest BCUT2D eigenvalue weighted by molar-refractivity contribution is 7.09. The molecule has 1 fully saturated rings. The Labute approximate surface area is 143 Å². The third-order valence-electron chi connectivity index (χ3n) is 3.80. The van der Waals surface area contributed by atoms with Crippen LogP contribution >= 0.6 is 11.3 Å². The molecular weight excluding hydrogens is 312 g/mol. The van der Waals surface area contributed by atoms with Gasteiger partial charge in [0.15, 0.2) is 0 Å². The number of hydrogen-bond acceptors (Lipinski definition) is 5. The second kappa shape index (κ2) is 8.64. The summed E-state index contributed by atoms with van der Waals surface area (Å²) in [4.78, 5) is 19.2. The fraction of sp³-hybridized carbons (Fsp3) is 0.765. The summed E-state index contributed by atoms with van der Waals surface area (Å²) in [6.07, 6.45) is 6.06. The SMILES string of the molecule is CC(C)(C)OC(=O)N1CCCC(CCCOCc2cncs2)C1. The molecule has 6 heteroatoms. The number of carbonyl (C=O) groups is 1. The third-order valence-corrected chi connectivity index (χ3v) is 4.55. The average Bonchev–Trinajstić information content (AvgIpc) is 2.99. The summed E-state index contributed by atoms with van der Waals surface area (Å²) >= 11 is 1.62. The summed E-state index contributed by atoms with van der Waals surface area (Å²) < 4.78 is 11.1. The van der Waals surface area contributed by atoms with Crippen molar-refractivity contribution in [2.75, 3.05) is 19.7 Å². The minimum Gasteiger partial charge on any atom is -0.444 e. The van der Waals surface area contributed by atoms with Crippen molar-refractivity contribution in [1.82, 2.24) is 9.88 Å². The Bertz CT molecular complexity index is 471. The lowest BCUT2D eigenvalue weighted by atomic mass is 9.94. The van der Waals surface area contributed by atoms with Crippen molar-refractivity contribution >= 4 is 17.4 Å². The maximum Gasteiger partial charge on any atom is 0.410 e. The van der Waals surface area contributed by atoms with Gasteiger partial charge in [0.2, 0.25) is 0 Å². The number of aromatic nitrogens is 1. The lowest BCUT2D eigenvalue weighted by Gasteiger charge is -2.34. The van der Waals surface area contributed by atoms with E-state index in [1.165, 1.54) is 11.3 Å². The molecule has 23 heavy (non-hydrogen) atoms. The smallest absolute Gasteiger partial charge is 0.410 e. The van der Waals surface area contributed by atoms with Crippen molar-refractivity contribution in [2.45, 2.75) is 58.7 Å². The largest absolute Gasteiger partial charge is 0.444 e. The fourth-order valence-corrected chi connectivity index (χ4v) is 3.28. The molecule has 130 valence electrons. The average molecular weight is 340 g/mol. The van der Waals surface area contributed by atoms with Crippen LogP contribution < -0.4 is 0 Å². The van der Waals surface area contributed by atoms with Crippen molar-refractivity contribution in [2.24, 2.45) is 5.92 Å². The topological polar surface area (TPSA) is 51.7 Å². The molecule has 2 heterocycles. The number of likely N-dealkylation sites (tertiary alicyclic amines) is 1. The zero-order chi connectivity index (χ0) is 16.7. The van der Waals surface area contributed by atoms with Gasteiger partial charge < -0.3 is 14.4 Å². The van der Waals surface area contributed by atoms with Crippen LogP contribution in [0.1, 0.15) is 51.3 Å². The third kappa shape index (κ3) is 6.87. The maximum absolute atomic E-state index is 12.1. The van der Waals surface area contributed by atoms with Crippen LogP contribution in [0.15, 0.2) is 11.7 Å². The highest BCUT2D eigenvalue weighted by Gasteiger charge is 2.27. The van der Waals surface area contributed by atoms with Crippen LogP contribution in [-0.2, 0) is 16.1 Å². The quantitative estimate of drug-likeness (QED) is 0.732. The summed E-state index contributed by atoms with van der Waals surface area (Å²) in [6.45, 7) is 8.77. The van der Waals surface area contributed by atoms with Gasteiger partial charge >= 0.3 is 6.09 Å². The van der Waals surface area contributed by atoms with Crippen LogP contribution in [0.25, 0.3) is 0 Å². The lowest BCUT2D eigenvalue weighted by molar-refractivity contribution is 0.0155. The predicted octanol–water partition coefficient (Wildman–Crippen LogP) is 4.09. The van der Waals surface area contributed by atoms with E-state index in [1.807, 2.05) is 37.4 Å². The number of ether oxygens (including phenoxy) is 2. The van der Waals surface area contributed by atoms with E-state index < -0.39 is 5.60 Å².